The second kappa shape index (κ2) is 8.12. The molecule has 1 heterocycles. The number of rotatable bonds is 6. The molecule has 0 bridgehead atoms. The summed E-state index contributed by atoms with van der Waals surface area (Å²) in [5.74, 6) is -0.0148. The molecule has 0 aromatic rings. The number of nitrogens with zero attached hydrogens (tertiary/aromatic N) is 1. The first kappa shape index (κ1) is 15.9. The standard InChI is InChI=1S/C13H26N4O2/c1-3-6-15-12(18)9-17-7-4-11(5-8-17)16-13(19)10(2)14/h10-11H,3-9,14H2,1-2H3,(H,15,18)(H,16,19)/t10-/m1/s1. The first-order valence-corrected chi connectivity index (χ1v) is 7.08. The van der Waals surface area contributed by atoms with E-state index >= 15 is 0 Å². The zero-order valence-corrected chi connectivity index (χ0v) is 11.9. The van der Waals surface area contributed by atoms with Crippen molar-refractivity contribution in [2.45, 2.75) is 45.2 Å². The molecule has 1 atom stereocenters. The minimum absolute atomic E-state index is 0.0833. The maximum atomic E-state index is 11.6. The number of hydrogen-bond donors (Lipinski definition) is 3. The van der Waals surface area contributed by atoms with Crippen LogP contribution in [-0.2, 0) is 9.59 Å². The highest BCUT2D eigenvalue weighted by Gasteiger charge is 2.22. The number of hydrogen-bond acceptors (Lipinski definition) is 4. The average molecular weight is 270 g/mol. The number of amides is 2. The Labute approximate surface area is 115 Å². The molecule has 0 aliphatic carbocycles. The van der Waals surface area contributed by atoms with Crippen molar-refractivity contribution in [1.29, 1.82) is 0 Å². The summed E-state index contributed by atoms with van der Waals surface area (Å²) in [5.41, 5.74) is 5.52. The molecule has 1 saturated heterocycles. The zero-order chi connectivity index (χ0) is 14.3. The lowest BCUT2D eigenvalue weighted by Crippen LogP contribution is -2.50. The van der Waals surface area contributed by atoms with Crippen LogP contribution in [0.15, 0.2) is 0 Å². The molecule has 0 aromatic carbocycles. The number of carbonyl (C=O) groups is 2. The SMILES string of the molecule is CCCNC(=O)CN1CCC(NC(=O)[C@@H](C)N)CC1. The second-order valence-corrected chi connectivity index (χ2v) is 5.20. The monoisotopic (exact) mass is 270 g/mol. The highest BCUT2D eigenvalue weighted by Crippen LogP contribution is 2.09. The molecule has 2 amide bonds. The van der Waals surface area contributed by atoms with Gasteiger partial charge in [-0.15, -0.1) is 0 Å². The van der Waals surface area contributed by atoms with E-state index in [1.165, 1.54) is 0 Å². The van der Waals surface area contributed by atoms with Crippen molar-refractivity contribution in [3.8, 4) is 0 Å². The van der Waals surface area contributed by atoms with Gasteiger partial charge in [-0.05, 0) is 26.2 Å². The molecular weight excluding hydrogens is 244 g/mol. The molecule has 1 aliphatic heterocycles. The molecule has 4 N–H and O–H groups in total. The predicted octanol–water partition coefficient (Wildman–Crippen LogP) is -0.560. The van der Waals surface area contributed by atoms with E-state index in [9.17, 15) is 9.59 Å². The summed E-state index contributed by atoms with van der Waals surface area (Å²) in [6, 6.07) is -0.272. The zero-order valence-electron chi connectivity index (χ0n) is 11.9. The molecule has 6 heteroatoms. The Balaban J connectivity index is 2.21. The Kier molecular flexibility index (Phi) is 6.80. The Morgan fingerprint density at radius 3 is 2.53 bits per heavy atom. The van der Waals surface area contributed by atoms with E-state index in [-0.39, 0.29) is 17.9 Å². The van der Waals surface area contributed by atoms with Crippen molar-refractivity contribution in [2.24, 2.45) is 5.73 Å². The maximum Gasteiger partial charge on any atom is 0.236 e. The Bertz CT molecular complexity index is 299. The van der Waals surface area contributed by atoms with Crippen LogP contribution in [0.3, 0.4) is 0 Å². The molecule has 110 valence electrons. The quantitative estimate of drug-likeness (QED) is 0.604. The molecule has 6 nitrogen and oxygen atoms in total. The summed E-state index contributed by atoms with van der Waals surface area (Å²) >= 11 is 0. The molecule has 19 heavy (non-hydrogen) atoms. The van der Waals surface area contributed by atoms with Crippen LogP contribution in [0.5, 0.6) is 0 Å². The van der Waals surface area contributed by atoms with Crippen molar-refractivity contribution in [1.82, 2.24) is 15.5 Å². The highest BCUT2D eigenvalue weighted by molar-refractivity contribution is 5.81. The van der Waals surface area contributed by atoms with E-state index in [0.29, 0.717) is 6.54 Å². The van der Waals surface area contributed by atoms with Gasteiger partial charge >= 0.3 is 0 Å². The van der Waals surface area contributed by atoms with Crippen molar-refractivity contribution in [3.05, 3.63) is 0 Å². The van der Waals surface area contributed by atoms with Crippen LogP contribution < -0.4 is 16.4 Å². The Morgan fingerprint density at radius 2 is 2.00 bits per heavy atom. The van der Waals surface area contributed by atoms with E-state index in [4.69, 9.17) is 5.73 Å². The fourth-order valence-electron chi connectivity index (χ4n) is 2.09. The third-order valence-electron chi connectivity index (χ3n) is 3.29. The Hall–Kier alpha value is -1.14. The van der Waals surface area contributed by atoms with Crippen molar-refractivity contribution >= 4 is 11.8 Å². The van der Waals surface area contributed by atoms with Crippen LogP contribution in [0.4, 0.5) is 0 Å². The summed E-state index contributed by atoms with van der Waals surface area (Å²) in [7, 11) is 0. The van der Waals surface area contributed by atoms with Gasteiger partial charge in [0.25, 0.3) is 0 Å². The third-order valence-corrected chi connectivity index (χ3v) is 3.29. The maximum absolute atomic E-state index is 11.6. The lowest BCUT2D eigenvalue weighted by Gasteiger charge is -2.32. The minimum Gasteiger partial charge on any atom is -0.355 e. The topological polar surface area (TPSA) is 87.5 Å². The number of piperidine rings is 1. The van der Waals surface area contributed by atoms with Crippen LogP contribution in [0.25, 0.3) is 0 Å². The van der Waals surface area contributed by atoms with Gasteiger partial charge < -0.3 is 16.4 Å². The lowest BCUT2D eigenvalue weighted by atomic mass is 10.0. The van der Waals surface area contributed by atoms with Crippen molar-refractivity contribution in [2.75, 3.05) is 26.2 Å². The van der Waals surface area contributed by atoms with Gasteiger partial charge in [0, 0.05) is 25.7 Å². The largest absolute Gasteiger partial charge is 0.355 e. The second-order valence-electron chi connectivity index (χ2n) is 5.20. The van der Waals surface area contributed by atoms with Gasteiger partial charge in [-0.25, -0.2) is 0 Å². The summed E-state index contributed by atoms with van der Waals surface area (Å²) in [6.07, 6.45) is 2.70. The van der Waals surface area contributed by atoms with Gasteiger partial charge in [-0.2, -0.15) is 0 Å². The highest BCUT2D eigenvalue weighted by atomic mass is 16.2. The van der Waals surface area contributed by atoms with E-state index in [2.05, 4.69) is 15.5 Å². The van der Waals surface area contributed by atoms with Crippen LogP contribution in [0, 0.1) is 0 Å². The van der Waals surface area contributed by atoms with Crippen LogP contribution in [-0.4, -0.2) is 55.0 Å². The number of nitrogens with two attached hydrogens (primary N) is 1. The fraction of sp³-hybridized carbons (Fsp3) is 0.846. The van der Waals surface area contributed by atoms with Gasteiger partial charge in [0.2, 0.25) is 11.8 Å². The molecule has 1 aliphatic rings. The molecule has 0 aromatic heterocycles. The summed E-state index contributed by atoms with van der Waals surface area (Å²) in [4.78, 5) is 25.2. The van der Waals surface area contributed by atoms with Gasteiger partial charge in [-0.3, -0.25) is 14.5 Å². The lowest BCUT2D eigenvalue weighted by molar-refractivity contribution is -0.124. The molecule has 0 unspecified atom stereocenters. The van der Waals surface area contributed by atoms with E-state index in [1.807, 2.05) is 6.92 Å². The summed E-state index contributed by atoms with van der Waals surface area (Å²) in [6.45, 7) is 6.58. The van der Waals surface area contributed by atoms with Gasteiger partial charge in [0.15, 0.2) is 0 Å². The molecule has 1 fully saturated rings. The van der Waals surface area contributed by atoms with Crippen LogP contribution in [0.2, 0.25) is 0 Å². The van der Waals surface area contributed by atoms with Crippen LogP contribution in [0.1, 0.15) is 33.1 Å². The average Bonchev–Trinajstić information content (AvgIpc) is 2.38. The van der Waals surface area contributed by atoms with Crippen molar-refractivity contribution < 1.29 is 9.59 Å². The summed E-state index contributed by atoms with van der Waals surface area (Å²) < 4.78 is 0. The number of likely N-dealkylation sites (tertiary alicyclic amines) is 1. The molecular formula is C13H26N4O2. The summed E-state index contributed by atoms with van der Waals surface area (Å²) in [5, 5.41) is 5.81. The van der Waals surface area contributed by atoms with E-state index in [1.54, 1.807) is 6.92 Å². The van der Waals surface area contributed by atoms with E-state index in [0.717, 1.165) is 38.9 Å². The molecule has 1 rings (SSSR count). The molecule has 0 radical (unpaired) electrons. The Morgan fingerprint density at radius 1 is 1.37 bits per heavy atom. The molecule has 0 saturated carbocycles. The van der Waals surface area contributed by atoms with Crippen molar-refractivity contribution in [3.63, 3.8) is 0 Å². The molecule has 0 spiro atoms. The van der Waals surface area contributed by atoms with Crippen LogP contribution >= 0.6 is 0 Å². The fourth-order valence-corrected chi connectivity index (χ4v) is 2.09. The van der Waals surface area contributed by atoms with E-state index < -0.39 is 6.04 Å². The van der Waals surface area contributed by atoms with Gasteiger partial charge in [0.1, 0.15) is 0 Å². The number of carbonyl (C=O) groups excluding carboxylic acids is 2. The number of nitrogens with one attached hydrogen (secondary N) is 2. The normalized spacial score (nSPS) is 18.9. The first-order valence-electron chi connectivity index (χ1n) is 7.08. The third kappa shape index (κ3) is 6.02. The smallest absolute Gasteiger partial charge is 0.236 e. The predicted molar refractivity (Wildman–Crippen MR) is 74.6 cm³/mol. The van der Waals surface area contributed by atoms with Gasteiger partial charge in [-0.1, -0.05) is 6.92 Å². The van der Waals surface area contributed by atoms with Gasteiger partial charge in [0.05, 0.1) is 12.6 Å². The first-order chi connectivity index (χ1) is 9.02. The minimum atomic E-state index is -0.460.